The number of alkyl halides is 3. The van der Waals surface area contributed by atoms with Crippen LogP contribution in [0.3, 0.4) is 0 Å². The lowest BCUT2D eigenvalue weighted by molar-refractivity contribution is -0.141. The second-order valence-electron chi connectivity index (χ2n) is 4.93. The van der Waals surface area contributed by atoms with Gasteiger partial charge in [0, 0.05) is 6.42 Å². The van der Waals surface area contributed by atoms with Crippen molar-refractivity contribution in [3.05, 3.63) is 28.5 Å². The maximum atomic E-state index is 12.4. The van der Waals surface area contributed by atoms with Crippen molar-refractivity contribution in [2.75, 3.05) is 11.5 Å². The Morgan fingerprint density at radius 1 is 1.38 bits per heavy atom. The van der Waals surface area contributed by atoms with Gasteiger partial charge in [-0.05, 0) is 24.5 Å². The highest BCUT2D eigenvalue weighted by molar-refractivity contribution is 7.91. The van der Waals surface area contributed by atoms with Gasteiger partial charge in [0.2, 0.25) is 0 Å². The Bertz CT molecular complexity index is 673. The van der Waals surface area contributed by atoms with E-state index in [4.69, 9.17) is 11.6 Å². The minimum absolute atomic E-state index is 0.0317. The van der Waals surface area contributed by atoms with Crippen LogP contribution in [0.25, 0.3) is 0 Å². The average Bonchev–Trinajstić information content (AvgIpc) is 2.67. The molecule has 1 unspecified atom stereocenters. The summed E-state index contributed by atoms with van der Waals surface area (Å²) in [6.45, 7) is 0. The van der Waals surface area contributed by atoms with Crippen LogP contribution in [-0.4, -0.2) is 30.7 Å². The Hall–Kier alpha value is -1.15. The maximum absolute atomic E-state index is 12.4. The fourth-order valence-electron chi connectivity index (χ4n) is 2.21. The standard InChI is InChI=1S/C12H11ClF3NO3S/c13-11-8(1-2-10(17-11)12(14,15)16)9(18)5-7-3-4-21(19,20)6-7/h1-2,7H,3-6H2. The highest BCUT2D eigenvalue weighted by Gasteiger charge is 2.34. The second-order valence-corrected chi connectivity index (χ2v) is 7.52. The van der Waals surface area contributed by atoms with Gasteiger partial charge in [-0.3, -0.25) is 4.79 Å². The summed E-state index contributed by atoms with van der Waals surface area (Å²) < 4.78 is 59.9. The first-order valence-corrected chi connectivity index (χ1v) is 8.26. The molecule has 1 fully saturated rings. The monoisotopic (exact) mass is 341 g/mol. The molecule has 0 N–H and O–H groups in total. The summed E-state index contributed by atoms with van der Waals surface area (Å²) in [5.74, 6) is -0.863. The molecule has 4 nitrogen and oxygen atoms in total. The number of Topliss-reactive ketones (excluding diaryl/α,β-unsaturated/α-hetero) is 1. The van der Waals surface area contributed by atoms with E-state index in [9.17, 15) is 26.4 Å². The molecule has 1 atom stereocenters. The van der Waals surface area contributed by atoms with Crippen molar-refractivity contribution in [2.24, 2.45) is 5.92 Å². The van der Waals surface area contributed by atoms with E-state index in [1.165, 1.54) is 0 Å². The molecule has 0 bridgehead atoms. The molecule has 2 rings (SSSR count). The van der Waals surface area contributed by atoms with Crippen molar-refractivity contribution in [1.29, 1.82) is 0 Å². The summed E-state index contributed by atoms with van der Waals surface area (Å²) in [5, 5.41) is -0.518. The smallest absolute Gasteiger partial charge is 0.294 e. The molecule has 0 aromatic carbocycles. The Morgan fingerprint density at radius 2 is 2.05 bits per heavy atom. The number of hydrogen-bond acceptors (Lipinski definition) is 4. The molecule has 116 valence electrons. The first-order chi connectivity index (χ1) is 9.58. The molecule has 1 saturated heterocycles. The van der Waals surface area contributed by atoms with Gasteiger partial charge in [0.15, 0.2) is 15.6 Å². The number of carbonyl (C=O) groups excluding carboxylic acids is 1. The lowest BCUT2D eigenvalue weighted by atomic mass is 9.98. The van der Waals surface area contributed by atoms with Gasteiger partial charge in [-0.1, -0.05) is 11.6 Å². The van der Waals surface area contributed by atoms with Crippen molar-refractivity contribution >= 4 is 27.2 Å². The number of rotatable bonds is 3. The minimum Gasteiger partial charge on any atom is -0.294 e. The normalized spacial score (nSPS) is 21.4. The topological polar surface area (TPSA) is 64.1 Å². The first kappa shape index (κ1) is 16.2. The lowest BCUT2D eigenvalue weighted by Crippen LogP contribution is -2.13. The van der Waals surface area contributed by atoms with E-state index >= 15 is 0 Å². The van der Waals surface area contributed by atoms with E-state index in [0.717, 1.165) is 6.07 Å². The van der Waals surface area contributed by atoms with Gasteiger partial charge in [-0.25, -0.2) is 13.4 Å². The quantitative estimate of drug-likeness (QED) is 0.626. The van der Waals surface area contributed by atoms with Crippen molar-refractivity contribution < 1.29 is 26.4 Å². The van der Waals surface area contributed by atoms with E-state index < -0.39 is 32.6 Å². The van der Waals surface area contributed by atoms with E-state index in [1.807, 2.05) is 0 Å². The molecule has 1 aliphatic rings. The molecule has 0 spiro atoms. The molecule has 1 aliphatic heterocycles. The van der Waals surface area contributed by atoms with Crippen LogP contribution in [0.15, 0.2) is 12.1 Å². The number of pyridine rings is 1. The number of aromatic nitrogens is 1. The van der Waals surface area contributed by atoms with Gasteiger partial charge in [0.1, 0.15) is 10.8 Å². The number of carbonyl (C=O) groups is 1. The summed E-state index contributed by atoms with van der Waals surface area (Å²) in [6.07, 6.45) is -4.32. The summed E-state index contributed by atoms with van der Waals surface area (Å²) in [6, 6.07) is 1.66. The highest BCUT2D eigenvalue weighted by atomic mass is 35.5. The fourth-order valence-corrected chi connectivity index (χ4v) is 4.33. The van der Waals surface area contributed by atoms with Crippen LogP contribution < -0.4 is 0 Å². The van der Waals surface area contributed by atoms with Crippen molar-refractivity contribution in [2.45, 2.75) is 19.0 Å². The highest BCUT2D eigenvalue weighted by Crippen LogP contribution is 2.30. The molecule has 0 saturated carbocycles. The van der Waals surface area contributed by atoms with E-state index in [1.54, 1.807) is 0 Å². The summed E-state index contributed by atoms with van der Waals surface area (Å²) in [5.41, 5.74) is -1.29. The van der Waals surface area contributed by atoms with Crippen LogP contribution in [0.4, 0.5) is 13.2 Å². The van der Waals surface area contributed by atoms with Crippen LogP contribution in [0.2, 0.25) is 5.15 Å². The minimum atomic E-state index is -4.63. The zero-order valence-electron chi connectivity index (χ0n) is 10.7. The molecule has 0 aliphatic carbocycles. The van der Waals surface area contributed by atoms with Crippen LogP contribution in [0, 0.1) is 5.92 Å². The van der Waals surface area contributed by atoms with Crippen LogP contribution in [0.1, 0.15) is 28.9 Å². The van der Waals surface area contributed by atoms with E-state index in [0.29, 0.717) is 12.5 Å². The largest absolute Gasteiger partial charge is 0.433 e. The third kappa shape index (κ3) is 3.94. The molecular formula is C12H11ClF3NO3S. The zero-order chi connectivity index (χ0) is 15.8. The number of sulfone groups is 1. The Kier molecular flexibility index (Phi) is 4.30. The third-order valence-corrected chi connectivity index (χ3v) is 5.37. The third-order valence-electron chi connectivity index (χ3n) is 3.24. The van der Waals surface area contributed by atoms with Crippen LogP contribution in [-0.2, 0) is 16.0 Å². The number of ketones is 1. The lowest BCUT2D eigenvalue weighted by Gasteiger charge is -2.10. The van der Waals surface area contributed by atoms with Gasteiger partial charge in [0.25, 0.3) is 0 Å². The van der Waals surface area contributed by atoms with Gasteiger partial charge in [-0.15, -0.1) is 0 Å². The Labute approximate surface area is 124 Å². The summed E-state index contributed by atoms with van der Waals surface area (Å²) >= 11 is 5.62. The van der Waals surface area contributed by atoms with E-state index in [-0.39, 0.29) is 29.4 Å². The van der Waals surface area contributed by atoms with Crippen LogP contribution >= 0.6 is 11.6 Å². The molecule has 1 aromatic heterocycles. The van der Waals surface area contributed by atoms with Gasteiger partial charge >= 0.3 is 6.18 Å². The van der Waals surface area contributed by atoms with Crippen molar-refractivity contribution in [3.63, 3.8) is 0 Å². The van der Waals surface area contributed by atoms with Crippen molar-refractivity contribution in [3.8, 4) is 0 Å². The average molecular weight is 342 g/mol. The molecule has 2 heterocycles. The zero-order valence-corrected chi connectivity index (χ0v) is 12.2. The van der Waals surface area contributed by atoms with Crippen molar-refractivity contribution in [1.82, 2.24) is 4.98 Å². The first-order valence-electron chi connectivity index (χ1n) is 6.06. The number of hydrogen-bond donors (Lipinski definition) is 0. The molecular weight excluding hydrogens is 331 g/mol. The molecule has 1 aromatic rings. The number of nitrogens with zero attached hydrogens (tertiary/aromatic N) is 1. The SMILES string of the molecule is O=C(CC1CCS(=O)(=O)C1)c1ccc(C(F)(F)F)nc1Cl. The van der Waals surface area contributed by atoms with E-state index in [2.05, 4.69) is 4.98 Å². The predicted octanol–water partition coefficient (Wildman–Crippen LogP) is 2.76. The van der Waals surface area contributed by atoms with Gasteiger partial charge in [0.05, 0.1) is 17.1 Å². The second kappa shape index (κ2) is 5.57. The predicted molar refractivity (Wildman–Crippen MR) is 70.0 cm³/mol. The Balaban J connectivity index is 2.13. The fraction of sp³-hybridized carbons (Fsp3) is 0.500. The Morgan fingerprint density at radius 3 is 2.52 bits per heavy atom. The molecule has 0 radical (unpaired) electrons. The van der Waals surface area contributed by atoms with Crippen LogP contribution in [0.5, 0.6) is 0 Å². The molecule has 21 heavy (non-hydrogen) atoms. The molecule has 9 heteroatoms. The number of halogens is 4. The van der Waals surface area contributed by atoms with Gasteiger partial charge in [-0.2, -0.15) is 13.2 Å². The summed E-state index contributed by atoms with van der Waals surface area (Å²) in [4.78, 5) is 15.2. The molecule has 0 amide bonds. The van der Waals surface area contributed by atoms with Gasteiger partial charge < -0.3 is 0 Å². The summed E-state index contributed by atoms with van der Waals surface area (Å²) in [7, 11) is -3.11. The maximum Gasteiger partial charge on any atom is 0.433 e.